The van der Waals surface area contributed by atoms with Crippen LogP contribution in [0.15, 0.2) is 36.4 Å². The fraction of sp³-hybridized carbons (Fsp3) is 0.435. The number of anilines is 2. The van der Waals surface area contributed by atoms with Gasteiger partial charge in [-0.15, -0.1) is 0 Å². The number of phenolic OH excluding ortho intramolecular Hbond substituents is 1. The molecule has 0 radical (unpaired) electrons. The third-order valence-corrected chi connectivity index (χ3v) is 6.76. The summed E-state index contributed by atoms with van der Waals surface area (Å²) >= 11 is 12.4. The highest BCUT2D eigenvalue weighted by Crippen LogP contribution is 2.38. The van der Waals surface area contributed by atoms with E-state index in [1.165, 1.54) is 0 Å². The van der Waals surface area contributed by atoms with Crippen molar-refractivity contribution in [1.29, 1.82) is 0 Å². The summed E-state index contributed by atoms with van der Waals surface area (Å²) in [6.07, 6.45) is 2.23. The number of benzene rings is 2. The zero-order valence-electron chi connectivity index (χ0n) is 17.3. The van der Waals surface area contributed by atoms with Gasteiger partial charge >= 0.3 is 0 Å². The van der Waals surface area contributed by atoms with E-state index in [0.717, 1.165) is 62.5 Å². The molecule has 1 atom stereocenters. The molecule has 1 unspecified atom stereocenters. The number of nitrogens with zero attached hydrogens (tertiary/aromatic N) is 2. The second kappa shape index (κ2) is 10.1. The van der Waals surface area contributed by atoms with Crippen molar-refractivity contribution in [2.24, 2.45) is 0 Å². The van der Waals surface area contributed by atoms with Crippen LogP contribution in [0, 0.1) is 0 Å². The Balaban J connectivity index is 1.18. The van der Waals surface area contributed by atoms with E-state index in [2.05, 4.69) is 15.1 Å². The van der Waals surface area contributed by atoms with Crippen molar-refractivity contribution in [3.05, 3.63) is 52.0 Å². The van der Waals surface area contributed by atoms with Crippen molar-refractivity contribution in [3.63, 3.8) is 0 Å². The molecule has 2 aliphatic heterocycles. The summed E-state index contributed by atoms with van der Waals surface area (Å²) in [5.41, 5.74) is 2.79. The van der Waals surface area contributed by atoms with Crippen molar-refractivity contribution in [1.82, 2.24) is 4.90 Å². The van der Waals surface area contributed by atoms with E-state index in [1.54, 1.807) is 6.07 Å². The summed E-state index contributed by atoms with van der Waals surface area (Å²) in [6.45, 7) is 5.30. The number of hydrogen-bond donors (Lipinski definition) is 2. The lowest BCUT2D eigenvalue weighted by Crippen LogP contribution is -2.46. The first-order chi connectivity index (χ1) is 15.0. The average Bonchev–Trinajstić information content (AvgIpc) is 2.78. The third-order valence-electron chi connectivity index (χ3n) is 5.89. The van der Waals surface area contributed by atoms with Gasteiger partial charge in [0.1, 0.15) is 10.8 Å². The Morgan fingerprint density at radius 1 is 1.03 bits per heavy atom. The first-order valence-electron chi connectivity index (χ1n) is 10.7. The van der Waals surface area contributed by atoms with Crippen LogP contribution in [0.1, 0.15) is 30.9 Å². The number of aromatic hydroxyl groups is 1. The van der Waals surface area contributed by atoms with Crippen molar-refractivity contribution >= 4 is 40.5 Å². The molecule has 2 heterocycles. The van der Waals surface area contributed by atoms with Crippen LogP contribution < -0.4 is 10.2 Å². The zero-order chi connectivity index (χ0) is 21.8. The lowest BCUT2D eigenvalue weighted by molar-refractivity contribution is -0.119. The maximum absolute atomic E-state index is 11.9. The first-order valence-corrected chi connectivity index (χ1v) is 11.4. The Morgan fingerprint density at radius 2 is 1.81 bits per heavy atom. The van der Waals surface area contributed by atoms with Crippen molar-refractivity contribution < 1.29 is 14.6 Å². The molecule has 6 nitrogen and oxygen atoms in total. The number of carbonyl (C=O) groups is 1. The summed E-state index contributed by atoms with van der Waals surface area (Å²) in [7, 11) is 0. The number of carbonyl (C=O) groups excluding carboxylic acids is 1. The number of amides is 1. The largest absolute Gasteiger partial charge is 0.506 e. The number of nitrogens with one attached hydrogen (secondary N) is 1. The van der Waals surface area contributed by atoms with Crippen LogP contribution in [-0.2, 0) is 9.53 Å². The minimum atomic E-state index is -0.157. The molecule has 8 heteroatoms. The van der Waals surface area contributed by atoms with Gasteiger partial charge in [0.25, 0.3) is 0 Å². The van der Waals surface area contributed by atoms with E-state index in [9.17, 15) is 9.90 Å². The van der Waals surface area contributed by atoms with Gasteiger partial charge in [-0.25, -0.2) is 0 Å². The monoisotopic (exact) mass is 463 g/mol. The fourth-order valence-electron chi connectivity index (χ4n) is 4.17. The van der Waals surface area contributed by atoms with E-state index in [0.29, 0.717) is 18.1 Å². The number of phenols is 1. The zero-order valence-corrected chi connectivity index (χ0v) is 18.8. The molecule has 2 aliphatic rings. The normalized spacial score (nSPS) is 19.2. The maximum atomic E-state index is 11.9. The van der Waals surface area contributed by atoms with Crippen LogP contribution in [0.4, 0.5) is 11.4 Å². The summed E-state index contributed by atoms with van der Waals surface area (Å²) in [5, 5.41) is 13.2. The van der Waals surface area contributed by atoms with E-state index >= 15 is 0 Å². The summed E-state index contributed by atoms with van der Waals surface area (Å²) in [6, 6.07) is 11.2. The Labute approximate surface area is 192 Å². The van der Waals surface area contributed by atoms with Gasteiger partial charge in [-0.2, -0.15) is 0 Å². The average molecular weight is 464 g/mol. The molecule has 2 N–H and O–H groups in total. The quantitative estimate of drug-likeness (QED) is 0.582. The second-order valence-corrected chi connectivity index (χ2v) is 8.72. The summed E-state index contributed by atoms with van der Waals surface area (Å²) < 4.78 is 6.04. The molecule has 0 spiro atoms. The van der Waals surface area contributed by atoms with Crippen molar-refractivity contribution in [2.45, 2.75) is 25.4 Å². The molecular weight excluding hydrogens is 437 g/mol. The molecule has 166 valence electrons. The topological polar surface area (TPSA) is 65.0 Å². The van der Waals surface area contributed by atoms with Gasteiger partial charge in [-0.05, 0) is 37.6 Å². The molecular formula is C23H27Cl2N3O3. The number of hydrogen-bond acceptors (Lipinski definition) is 5. The molecule has 1 fully saturated rings. The SMILES string of the molecule is O=C1CC(OCCCCN2CCN(c3ccc(O)c(Cl)c3Cl)CC2)c2ccccc2N1. The van der Waals surface area contributed by atoms with E-state index < -0.39 is 0 Å². The first kappa shape index (κ1) is 22.2. The van der Waals surface area contributed by atoms with Crippen LogP contribution in [-0.4, -0.2) is 55.2 Å². The molecule has 2 aromatic carbocycles. The molecule has 0 aromatic heterocycles. The standard InChI is InChI=1S/C23H27Cl2N3O3/c24-22-18(7-8-19(29)23(22)25)28-12-10-27(11-13-28)9-3-4-14-31-20-15-21(30)26-17-6-2-1-5-16(17)20/h1-2,5-8,20,29H,3-4,9-15H2,(H,26,30). The predicted molar refractivity (Wildman–Crippen MR) is 124 cm³/mol. The Hall–Kier alpha value is -1.99. The number of piperazine rings is 1. The van der Waals surface area contributed by atoms with Gasteiger partial charge in [0, 0.05) is 44.0 Å². The van der Waals surface area contributed by atoms with Crippen molar-refractivity contribution in [3.8, 4) is 5.75 Å². The minimum Gasteiger partial charge on any atom is -0.506 e. The van der Waals surface area contributed by atoms with Gasteiger partial charge in [-0.3, -0.25) is 9.69 Å². The van der Waals surface area contributed by atoms with Gasteiger partial charge in [0.15, 0.2) is 0 Å². The number of halogens is 2. The summed E-state index contributed by atoms with van der Waals surface area (Å²) in [4.78, 5) is 16.5. The second-order valence-electron chi connectivity index (χ2n) is 7.97. The van der Waals surface area contributed by atoms with Gasteiger partial charge in [0.05, 0.1) is 23.2 Å². The van der Waals surface area contributed by atoms with Crippen LogP contribution in [0.2, 0.25) is 10.0 Å². The number of rotatable bonds is 7. The lowest BCUT2D eigenvalue weighted by atomic mass is 10.00. The Morgan fingerprint density at radius 3 is 2.61 bits per heavy atom. The highest BCUT2D eigenvalue weighted by atomic mass is 35.5. The minimum absolute atomic E-state index is 0.00798. The van der Waals surface area contributed by atoms with Gasteiger partial charge in [0.2, 0.25) is 5.91 Å². The number of unbranched alkanes of at least 4 members (excludes halogenated alkanes) is 1. The fourth-order valence-corrected chi connectivity index (χ4v) is 4.61. The number of fused-ring (bicyclic) bond motifs is 1. The predicted octanol–water partition coefficient (Wildman–Crippen LogP) is 4.70. The number of para-hydroxylation sites is 1. The molecule has 1 saturated heterocycles. The van der Waals surface area contributed by atoms with E-state index in [1.807, 2.05) is 30.3 Å². The van der Waals surface area contributed by atoms with Crippen LogP contribution in [0.25, 0.3) is 0 Å². The van der Waals surface area contributed by atoms with Gasteiger partial charge < -0.3 is 20.1 Å². The molecule has 0 bridgehead atoms. The highest BCUT2D eigenvalue weighted by Gasteiger charge is 2.25. The van der Waals surface area contributed by atoms with Crippen LogP contribution in [0.5, 0.6) is 5.75 Å². The maximum Gasteiger partial charge on any atom is 0.227 e. The smallest absolute Gasteiger partial charge is 0.227 e. The Bertz CT molecular complexity index is 932. The lowest BCUT2D eigenvalue weighted by Gasteiger charge is -2.36. The van der Waals surface area contributed by atoms with Crippen LogP contribution >= 0.6 is 23.2 Å². The van der Waals surface area contributed by atoms with Crippen LogP contribution in [0.3, 0.4) is 0 Å². The van der Waals surface area contributed by atoms with Gasteiger partial charge in [-0.1, -0.05) is 41.4 Å². The molecule has 2 aromatic rings. The Kier molecular flexibility index (Phi) is 7.23. The highest BCUT2D eigenvalue weighted by molar-refractivity contribution is 6.44. The van der Waals surface area contributed by atoms with E-state index in [4.69, 9.17) is 27.9 Å². The van der Waals surface area contributed by atoms with Crippen molar-refractivity contribution in [2.75, 3.05) is 49.5 Å². The number of ether oxygens (including phenoxy) is 1. The third kappa shape index (κ3) is 5.26. The summed E-state index contributed by atoms with van der Waals surface area (Å²) in [5.74, 6) is 0.0187. The molecule has 1 amide bonds. The molecule has 0 aliphatic carbocycles. The van der Waals surface area contributed by atoms with E-state index in [-0.39, 0.29) is 22.8 Å². The molecule has 31 heavy (non-hydrogen) atoms. The molecule has 0 saturated carbocycles. The molecule has 4 rings (SSSR count).